The fourth-order valence-corrected chi connectivity index (χ4v) is 3.42. The summed E-state index contributed by atoms with van der Waals surface area (Å²) in [5, 5.41) is 7.96. The van der Waals surface area contributed by atoms with Crippen LogP contribution in [0.5, 0.6) is 0 Å². The Labute approximate surface area is 132 Å². The van der Waals surface area contributed by atoms with E-state index in [9.17, 15) is 0 Å². The molecular formula is C17H26N4O. The highest BCUT2D eigenvalue weighted by molar-refractivity contribution is 5.67. The molecule has 0 radical (unpaired) electrons. The van der Waals surface area contributed by atoms with Crippen molar-refractivity contribution >= 4 is 11.3 Å². The summed E-state index contributed by atoms with van der Waals surface area (Å²) in [5.41, 5.74) is 2.20. The molecule has 0 saturated carbocycles. The van der Waals surface area contributed by atoms with E-state index in [1.54, 1.807) is 6.20 Å². The standard InChI is InChI=1S/C17H26N4O/c1-12-10-14-16(18-7-8-21(14)20-12)19-11-13-6-5-9-22-15(13)17(2,3)4/h7-8,10,13,15H,5-6,9,11H2,1-4H3,(H,18,19). The van der Waals surface area contributed by atoms with Gasteiger partial charge in [-0.25, -0.2) is 9.50 Å². The highest BCUT2D eigenvalue weighted by Crippen LogP contribution is 2.34. The number of hydrogen-bond acceptors (Lipinski definition) is 4. The third-order valence-electron chi connectivity index (χ3n) is 4.34. The maximum Gasteiger partial charge on any atom is 0.152 e. The third-order valence-corrected chi connectivity index (χ3v) is 4.34. The van der Waals surface area contributed by atoms with Crippen LogP contribution in [0.1, 0.15) is 39.3 Å². The Morgan fingerprint density at radius 2 is 2.23 bits per heavy atom. The Balaban J connectivity index is 1.75. The second-order valence-electron chi connectivity index (χ2n) is 7.33. The summed E-state index contributed by atoms with van der Waals surface area (Å²) in [6.07, 6.45) is 6.31. The smallest absolute Gasteiger partial charge is 0.152 e. The van der Waals surface area contributed by atoms with Gasteiger partial charge in [-0.2, -0.15) is 5.10 Å². The quantitative estimate of drug-likeness (QED) is 0.945. The molecule has 1 fully saturated rings. The second-order valence-corrected chi connectivity index (χ2v) is 7.33. The van der Waals surface area contributed by atoms with Crippen molar-refractivity contribution < 1.29 is 4.74 Å². The fraction of sp³-hybridized carbons (Fsp3) is 0.647. The van der Waals surface area contributed by atoms with Gasteiger partial charge < -0.3 is 10.1 Å². The van der Waals surface area contributed by atoms with Crippen LogP contribution in [0.25, 0.3) is 5.52 Å². The van der Waals surface area contributed by atoms with Crippen LogP contribution in [-0.2, 0) is 4.74 Å². The van der Waals surface area contributed by atoms with Gasteiger partial charge in [-0.15, -0.1) is 0 Å². The van der Waals surface area contributed by atoms with Crippen molar-refractivity contribution in [1.82, 2.24) is 14.6 Å². The van der Waals surface area contributed by atoms with E-state index < -0.39 is 0 Å². The molecule has 0 aromatic carbocycles. The number of aryl methyl sites for hydroxylation is 1. The van der Waals surface area contributed by atoms with Crippen LogP contribution in [-0.4, -0.2) is 33.9 Å². The molecule has 1 aliphatic heterocycles. The number of ether oxygens (including phenoxy) is 1. The van der Waals surface area contributed by atoms with E-state index in [0.29, 0.717) is 12.0 Å². The summed E-state index contributed by atoms with van der Waals surface area (Å²) in [6, 6.07) is 2.06. The van der Waals surface area contributed by atoms with E-state index in [1.807, 2.05) is 17.6 Å². The minimum Gasteiger partial charge on any atom is -0.377 e. The SMILES string of the molecule is Cc1cc2c(NCC3CCCOC3C(C)(C)C)nccn2n1. The molecule has 22 heavy (non-hydrogen) atoms. The van der Waals surface area contributed by atoms with Gasteiger partial charge in [0.05, 0.1) is 11.8 Å². The Hall–Kier alpha value is -1.62. The molecule has 1 saturated heterocycles. The first-order valence-corrected chi connectivity index (χ1v) is 8.11. The van der Waals surface area contributed by atoms with Crippen molar-refractivity contribution in [2.24, 2.45) is 11.3 Å². The van der Waals surface area contributed by atoms with E-state index in [-0.39, 0.29) is 5.41 Å². The number of nitrogens with zero attached hydrogens (tertiary/aromatic N) is 3. The van der Waals surface area contributed by atoms with Crippen LogP contribution < -0.4 is 5.32 Å². The van der Waals surface area contributed by atoms with Crippen LogP contribution >= 0.6 is 0 Å². The third kappa shape index (κ3) is 3.09. The van der Waals surface area contributed by atoms with Crippen LogP contribution in [0.4, 0.5) is 5.82 Å². The van der Waals surface area contributed by atoms with E-state index in [1.165, 1.54) is 6.42 Å². The lowest BCUT2D eigenvalue weighted by molar-refractivity contribution is -0.0814. The van der Waals surface area contributed by atoms with Crippen LogP contribution in [0.15, 0.2) is 18.5 Å². The number of hydrogen-bond donors (Lipinski definition) is 1. The highest BCUT2D eigenvalue weighted by atomic mass is 16.5. The first-order valence-electron chi connectivity index (χ1n) is 8.11. The zero-order chi connectivity index (χ0) is 15.7. The molecule has 2 aromatic heterocycles. The predicted octanol–water partition coefficient (Wildman–Crippen LogP) is 3.29. The average molecular weight is 302 g/mol. The number of aromatic nitrogens is 3. The molecule has 0 spiro atoms. The summed E-state index contributed by atoms with van der Waals surface area (Å²) < 4.78 is 7.94. The Kier molecular flexibility index (Phi) is 4.08. The van der Waals surface area contributed by atoms with E-state index in [4.69, 9.17) is 4.74 Å². The Bertz CT molecular complexity index is 644. The van der Waals surface area contributed by atoms with Crippen LogP contribution in [0.2, 0.25) is 0 Å². The van der Waals surface area contributed by atoms with Crippen molar-refractivity contribution in [3.8, 4) is 0 Å². The van der Waals surface area contributed by atoms with Gasteiger partial charge in [-0.3, -0.25) is 0 Å². The number of anilines is 1. The fourth-order valence-electron chi connectivity index (χ4n) is 3.42. The molecule has 1 N–H and O–H groups in total. The highest BCUT2D eigenvalue weighted by Gasteiger charge is 2.35. The molecule has 2 aromatic rings. The van der Waals surface area contributed by atoms with Crippen molar-refractivity contribution in [3.63, 3.8) is 0 Å². The maximum atomic E-state index is 6.06. The average Bonchev–Trinajstić information content (AvgIpc) is 2.85. The van der Waals surface area contributed by atoms with Crippen molar-refractivity contribution in [3.05, 3.63) is 24.2 Å². The maximum absolute atomic E-state index is 6.06. The first kappa shape index (κ1) is 15.3. The van der Waals surface area contributed by atoms with Gasteiger partial charge >= 0.3 is 0 Å². The zero-order valence-electron chi connectivity index (χ0n) is 14.0. The predicted molar refractivity (Wildman–Crippen MR) is 88.1 cm³/mol. The van der Waals surface area contributed by atoms with Gasteiger partial charge in [0.1, 0.15) is 5.52 Å². The van der Waals surface area contributed by atoms with E-state index in [2.05, 4.69) is 42.2 Å². The van der Waals surface area contributed by atoms with Gasteiger partial charge in [0.2, 0.25) is 0 Å². The van der Waals surface area contributed by atoms with Crippen molar-refractivity contribution in [2.45, 2.75) is 46.6 Å². The molecule has 2 unspecified atom stereocenters. The molecule has 3 rings (SSSR count). The molecule has 0 bridgehead atoms. The van der Waals surface area contributed by atoms with Gasteiger partial charge in [-0.1, -0.05) is 20.8 Å². The first-order chi connectivity index (χ1) is 10.4. The van der Waals surface area contributed by atoms with Crippen molar-refractivity contribution in [1.29, 1.82) is 0 Å². The Morgan fingerprint density at radius 1 is 1.41 bits per heavy atom. The minimum atomic E-state index is 0.166. The van der Waals surface area contributed by atoms with Gasteiger partial charge in [0, 0.05) is 31.5 Å². The zero-order valence-corrected chi connectivity index (χ0v) is 14.0. The van der Waals surface area contributed by atoms with Gasteiger partial charge in [0.15, 0.2) is 5.82 Å². The molecule has 3 heterocycles. The largest absolute Gasteiger partial charge is 0.377 e. The molecule has 120 valence electrons. The molecule has 0 amide bonds. The van der Waals surface area contributed by atoms with Crippen molar-refractivity contribution in [2.75, 3.05) is 18.5 Å². The van der Waals surface area contributed by atoms with E-state index in [0.717, 1.165) is 36.6 Å². The molecule has 0 aliphatic carbocycles. The molecule has 5 nitrogen and oxygen atoms in total. The number of nitrogens with one attached hydrogen (secondary N) is 1. The van der Waals surface area contributed by atoms with Crippen LogP contribution in [0.3, 0.4) is 0 Å². The minimum absolute atomic E-state index is 0.166. The van der Waals surface area contributed by atoms with Crippen LogP contribution in [0, 0.1) is 18.3 Å². The lowest BCUT2D eigenvalue weighted by Crippen LogP contribution is -2.42. The summed E-state index contributed by atoms with van der Waals surface area (Å²) in [6.45, 7) is 10.5. The second kappa shape index (κ2) is 5.88. The lowest BCUT2D eigenvalue weighted by atomic mass is 9.78. The summed E-state index contributed by atoms with van der Waals surface area (Å²) in [5.74, 6) is 1.42. The summed E-state index contributed by atoms with van der Waals surface area (Å²) in [7, 11) is 0. The summed E-state index contributed by atoms with van der Waals surface area (Å²) in [4.78, 5) is 4.48. The Morgan fingerprint density at radius 3 is 3.00 bits per heavy atom. The van der Waals surface area contributed by atoms with E-state index >= 15 is 0 Å². The lowest BCUT2D eigenvalue weighted by Gasteiger charge is -2.40. The normalized spacial score (nSPS) is 22.9. The molecule has 1 aliphatic rings. The van der Waals surface area contributed by atoms with Gasteiger partial charge in [-0.05, 0) is 31.2 Å². The molecule has 2 atom stereocenters. The number of rotatable bonds is 3. The summed E-state index contributed by atoms with van der Waals surface area (Å²) >= 11 is 0. The molecular weight excluding hydrogens is 276 g/mol. The van der Waals surface area contributed by atoms with Gasteiger partial charge in [0.25, 0.3) is 0 Å². The monoisotopic (exact) mass is 302 g/mol. The topological polar surface area (TPSA) is 51.5 Å². The molecule has 5 heteroatoms. The number of fused-ring (bicyclic) bond motifs is 1.